The van der Waals surface area contributed by atoms with Crippen molar-refractivity contribution in [3.05, 3.63) is 0 Å². The molecule has 302 valence electrons. The largest absolute Gasteiger partial charge is 0.492 e. The normalized spacial score (nSPS) is 15.2. The van der Waals surface area contributed by atoms with Gasteiger partial charge in [0.2, 0.25) is 0 Å². The van der Waals surface area contributed by atoms with Crippen LogP contribution in [0.5, 0.6) is 0 Å². The van der Waals surface area contributed by atoms with E-state index in [1.54, 1.807) is 0 Å². The molecule has 0 spiro atoms. The Balaban J connectivity index is 4.50. The summed E-state index contributed by atoms with van der Waals surface area (Å²) in [4.78, 5) is 58.6. The number of hydrogen-bond donors (Lipinski definition) is 12. The first-order valence-corrected chi connectivity index (χ1v) is 22.5. The Hall–Kier alpha value is -0.246. The van der Waals surface area contributed by atoms with Crippen molar-refractivity contribution in [1.82, 2.24) is 20.4 Å². The summed E-state index contributed by atoms with van der Waals surface area (Å²) >= 11 is 0. The lowest BCUT2D eigenvalue weighted by molar-refractivity contribution is -0.0100. The van der Waals surface area contributed by atoms with E-state index >= 15 is 0 Å². The molecule has 13 N–H and O–H groups in total. The van der Waals surface area contributed by atoms with Crippen LogP contribution in [-0.2, 0) is 14.2 Å². The van der Waals surface area contributed by atoms with Crippen molar-refractivity contribution in [3.8, 4) is 0 Å². The van der Waals surface area contributed by atoms with Gasteiger partial charge in [-0.15, -0.1) is 0 Å². The maximum atomic E-state index is 10.5. The Morgan fingerprint density at radius 3 is 1.50 bits per heavy atom. The summed E-state index contributed by atoms with van der Waals surface area (Å²) in [7, 11) is -8.24. The highest BCUT2D eigenvalue weighted by atomic mass is 28.4. The molecular weight excluding hydrogens is 691 g/mol. The van der Waals surface area contributed by atoms with Gasteiger partial charge in [0.15, 0.2) is 0 Å². The van der Waals surface area contributed by atoms with Crippen LogP contribution in [0.4, 0.5) is 0 Å². The van der Waals surface area contributed by atoms with Crippen LogP contribution in [-0.4, -0.2) is 201 Å². The average Bonchev–Trinajstić information content (AvgIpc) is 3.02. The van der Waals surface area contributed by atoms with E-state index in [1.807, 2.05) is 4.90 Å². The number of rotatable bonds is 37. The Bertz CT molecular complexity index is 730. The van der Waals surface area contributed by atoms with Crippen LogP contribution in [0.15, 0.2) is 0 Å². The molecule has 0 aliphatic heterocycles. The summed E-state index contributed by atoms with van der Waals surface area (Å²) in [5.74, 6) is 0.535. The first kappa shape index (κ1) is 49.8. The van der Waals surface area contributed by atoms with Gasteiger partial charge in [0.05, 0.1) is 38.1 Å². The zero-order valence-corrected chi connectivity index (χ0v) is 32.7. The predicted octanol–water partition coefficient (Wildman–Crippen LogP) is -3.31. The van der Waals surface area contributed by atoms with Gasteiger partial charge in [-0.1, -0.05) is 33.1 Å². The molecule has 4 atom stereocenters. The van der Waals surface area contributed by atoms with Crippen molar-refractivity contribution in [1.29, 1.82) is 0 Å². The zero-order valence-electron chi connectivity index (χ0n) is 30.7. The van der Waals surface area contributed by atoms with Gasteiger partial charge in [-0.2, -0.15) is 0 Å². The van der Waals surface area contributed by atoms with Crippen molar-refractivity contribution < 1.29 is 58.3 Å². The molecule has 19 heteroatoms. The van der Waals surface area contributed by atoms with Crippen molar-refractivity contribution in [3.63, 3.8) is 0 Å². The van der Waals surface area contributed by atoms with Crippen LogP contribution in [0.1, 0.15) is 52.4 Å². The highest BCUT2D eigenvalue weighted by Gasteiger charge is 2.26. The van der Waals surface area contributed by atoms with Gasteiger partial charge in [-0.25, -0.2) is 0 Å². The monoisotopic (exact) mass is 763 g/mol. The fourth-order valence-electron chi connectivity index (χ4n) is 5.22. The lowest BCUT2D eigenvalue weighted by atomic mass is 10.0. The molecule has 0 saturated carbocycles. The SMILES string of the molecule is CCCCC(CC)COCC(O)CN(CCN)CCNCCNCCN(CC(O)COCCC[Si](O)(O)O)CC(O)COCCC[Si](O)(O)O. The summed E-state index contributed by atoms with van der Waals surface area (Å²) in [6, 6.07) is -0.299. The summed E-state index contributed by atoms with van der Waals surface area (Å²) in [5, 5.41) is 38.3. The van der Waals surface area contributed by atoms with Crippen LogP contribution >= 0.6 is 0 Å². The summed E-state index contributed by atoms with van der Waals surface area (Å²) in [6.45, 7) is 11.7. The minimum Gasteiger partial charge on any atom is -0.390 e. The fraction of sp³-hybridized carbons (Fsp3) is 1.00. The predicted molar refractivity (Wildman–Crippen MR) is 195 cm³/mol. The van der Waals surface area contributed by atoms with Gasteiger partial charge in [0.25, 0.3) is 0 Å². The van der Waals surface area contributed by atoms with E-state index in [9.17, 15) is 15.3 Å². The molecule has 0 bridgehead atoms. The van der Waals surface area contributed by atoms with Gasteiger partial charge in [-0.3, -0.25) is 9.80 Å². The van der Waals surface area contributed by atoms with Gasteiger partial charge in [0.1, 0.15) is 0 Å². The topological polar surface area (TPSA) is 266 Å². The molecule has 0 amide bonds. The molecular formula is C31H73N5O12Si2. The molecule has 0 fully saturated rings. The lowest BCUT2D eigenvalue weighted by Crippen LogP contribution is -2.44. The number of aliphatic hydroxyl groups excluding tert-OH is 3. The third-order valence-electron chi connectivity index (χ3n) is 7.97. The van der Waals surface area contributed by atoms with Crippen molar-refractivity contribution >= 4 is 17.6 Å². The van der Waals surface area contributed by atoms with Crippen LogP contribution in [0.3, 0.4) is 0 Å². The maximum Gasteiger partial charge on any atom is 0.492 e. The van der Waals surface area contributed by atoms with Gasteiger partial charge < -0.3 is 74.7 Å². The van der Waals surface area contributed by atoms with Crippen molar-refractivity contribution in [2.75, 3.05) is 112 Å². The Labute approximate surface area is 302 Å². The Morgan fingerprint density at radius 1 is 0.600 bits per heavy atom. The summed E-state index contributed by atoms with van der Waals surface area (Å²) in [5.41, 5.74) is 5.80. The number of hydrogen-bond acceptors (Lipinski definition) is 17. The lowest BCUT2D eigenvalue weighted by Gasteiger charge is -2.27. The number of unbranched alkanes of at least 4 members (excludes halogenated alkanes) is 1. The second-order valence-corrected chi connectivity index (χ2v) is 17.3. The first-order chi connectivity index (χ1) is 23.7. The fourth-order valence-corrected chi connectivity index (χ4v) is 6.46. The number of nitrogens with one attached hydrogen (secondary N) is 2. The van der Waals surface area contributed by atoms with Crippen molar-refractivity contribution in [2.45, 2.75) is 82.8 Å². The number of aliphatic hydroxyl groups is 3. The third kappa shape index (κ3) is 33.6. The highest BCUT2D eigenvalue weighted by molar-refractivity contribution is 6.56. The molecule has 4 unspecified atom stereocenters. The zero-order chi connectivity index (χ0) is 37.7. The maximum absolute atomic E-state index is 10.5. The Kier molecular flexibility index (Phi) is 31.0. The van der Waals surface area contributed by atoms with Crippen LogP contribution in [0.25, 0.3) is 0 Å². The number of nitrogens with zero attached hydrogens (tertiary/aromatic N) is 2. The van der Waals surface area contributed by atoms with Crippen LogP contribution < -0.4 is 16.4 Å². The highest BCUT2D eigenvalue weighted by Crippen LogP contribution is 2.13. The minimum absolute atomic E-state index is 0.00397. The van der Waals surface area contributed by atoms with E-state index in [0.717, 1.165) is 25.9 Å². The standard InChI is InChI=1S/C31H73N5O12Si2/c1-3-5-8-28(4-2)24-48-27-29(37)21-35(14-9-32)15-12-33-10-11-34-13-16-36(22-30(38)25-46-17-6-19-49(40,41)42)23-31(39)26-47-18-7-20-50(43,44)45/h28-31,33-34,37-45H,3-27,32H2,1-2H3. The first-order valence-electron chi connectivity index (χ1n) is 18.4. The second-order valence-electron chi connectivity index (χ2n) is 13.2. The quantitative estimate of drug-likeness (QED) is 0.0218. The third-order valence-corrected chi connectivity index (χ3v) is 10.0. The molecule has 0 aromatic carbocycles. The second kappa shape index (κ2) is 31.1. The number of nitrogens with two attached hydrogens (primary N) is 1. The van der Waals surface area contributed by atoms with Crippen molar-refractivity contribution in [2.24, 2.45) is 11.7 Å². The Morgan fingerprint density at radius 2 is 1.06 bits per heavy atom. The molecule has 50 heavy (non-hydrogen) atoms. The molecule has 0 aromatic heterocycles. The van der Waals surface area contributed by atoms with E-state index in [1.165, 1.54) is 12.8 Å². The summed E-state index contributed by atoms with van der Waals surface area (Å²) in [6.07, 6.45) is 2.77. The van der Waals surface area contributed by atoms with E-state index in [-0.39, 0.29) is 64.4 Å². The molecule has 0 heterocycles. The van der Waals surface area contributed by atoms with Gasteiger partial charge >= 0.3 is 17.6 Å². The molecule has 0 radical (unpaired) electrons. The van der Waals surface area contributed by atoms with Gasteiger partial charge in [-0.05, 0) is 25.2 Å². The van der Waals surface area contributed by atoms with E-state index < -0.39 is 35.9 Å². The minimum atomic E-state index is -4.12. The van der Waals surface area contributed by atoms with Crippen LogP contribution in [0, 0.1) is 5.92 Å². The molecule has 0 aromatic rings. The smallest absolute Gasteiger partial charge is 0.390 e. The molecule has 17 nitrogen and oxygen atoms in total. The molecule has 0 saturated heterocycles. The molecule has 0 aliphatic carbocycles. The van der Waals surface area contributed by atoms with E-state index in [4.69, 9.17) is 48.7 Å². The molecule has 0 aliphatic rings. The number of ether oxygens (including phenoxy) is 3. The van der Waals surface area contributed by atoms with E-state index in [2.05, 4.69) is 29.4 Å². The average molecular weight is 764 g/mol. The van der Waals surface area contributed by atoms with Crippen LogP contribution in [0.2, 0.25) is 12.1 Å². The summed E-state index contributed by atoms with van der Waals surface area (Å²) < 4.78 is 16.6. The molecule has 0 rings (SSSR count). The van der Waals surface area contributed by atoms with Gasteiger partial charge in [0, 0.05) is 104 Å². The van der Waals surface area contributed by atoms with E-state index in [0.29, 0.717) is 64.9 Å².